The smallest absolute Gasteiger partial charge is 0.135 e. The lowest BCUT2D eigenvalue weighted by Gasteiger charge is -2.37. The fraction of sp³-hybridized carbons (Fsp3) is 0.579. The number of hydrogen-bond donors (Lipinski definition) is 3. The van der Waals surface area contributed by atoms with Crippen LogP contribution in [0.5, 0.6) is 0 Å². The summed E-state index contributed by atoms with van der Waals surface area (Å²) in [6.45, 7) is 0. The van der Waals surface area contributed by atoms with E-state index in [1.165, 1.54) is 44.9 Å². The van der Waals surface area contributed by atoms with Crippen molar-refractivity contribution in [3.63, 3.8) is 0 Å². The second-order valence-electron chi connectivity index (χ2n) is 6.82. The van der Waals surface area contributed by atoms with Crippen LogP contribution < -0.4 is 16.2 Å². The van der Waals surface area contributed by atoms with Crippen LogP contribution >= 0.6 is 35.0 Å². The molecule has 1 aliphatic carbocycles. The van der Waals surface area contributed by atoms with Crippen molar-refractivity contribution < 1.29 is 0 Å². The molecule has 0 amide bonds. The molecular weight excluding hydrogens is 373 g/mol. The van der Waals surface area contributed by atoms with Gasteiger partial charge in [0, 0.05) is 16.0 Å². The molecule has 2 atom stereocenters. The molecule has 0 spiro atoms. The molecule has 1 saturated heterocycles. The number of hydrogen-bond acceptors (Lipinski definition) is 4. The standard InChI is InChI=1S/C19H25Cl2N3S/c1-2-10-25-19(15-8-6-4-3-5-7-9-15)22-18(23-24-19)14-11-16(20)13-17(21)12-14/h1,11-13,15,18,22-24H,3-10H2. The molecule has 0 aromatic heterocycles. The van der Waals surface area contributed by atoms with Crippen molar-refractivity contribution in [3.8, 4) is 12.3 Å². The summed E-state index contributed by atoms with van der Waals surface area (Å²) in [4.78, 5) is -0.261. The lowest BCUT2D eigenvalue weighted by Crippen LogP contribution is -2.54. The van der Waals surface area contributed by atoms with Gasteiger partial charge in [-0.2, -0.15) is 0 Å². The Balaban J connectivity index is 1.80. The molecule has 25 heavy (non-hydrogen) atoms. The van der Waals surface area contributed by atoms with Crippen LogP contribution in [0.1, 0.15) is 56.7 Å². The molecule has 3 nitrogen and oxygen atoms in total. The fourth-order valence-electron chi connectivity index (χ4n) is 3.81. The van der Waals surface area contributed by atoms with E-state index in [4.69, 9.17) is 29.6 Å². The first-order valence-corrected chi connectivity index (χ1v) is 10.7. The normalized spacial score (nSPS) is 28.3. The van der Waals surface area contributed by atoms with E-state index in [1.807, 2.05) is 12.1 Å². The zero-order valence-electron chi connectivity index (χ0n) is 14.3. The zero-order valence-corrected chi connectivity index (χ0v) is 16.6. The summed E-state index contributed by atoms with van der Waals surface area (Å²) < 4.78 is 0. The molecule has 1 aromatic carbocycles. The van der Waals surface area contributed by atoms with Gasteiger partial charge in [0.1, 0.15) is 4.99 Å². The number of halogens is 2. The number of nitrogens with one attached hydrogen (secondary N) is 3. The highest BCUT2D eigenvalue weighted by molar-refractivity contribution is 8.00. The van der Waals surface area contributed by atoms with E-state index < -0.39 is 0 Å². The van der Waals surface area contributed by atoms with Crippen molar-refractivity contribution in [2.75, 3.05) is 5.75 Å². The van der Waals surface area contributed by atoms with Crippen molar-refractivity contribution in [1.29, 1.82) is 0 Å². The van der Waals surface area contributed by atoms with Gasteiger partial charge in [0.15, 0.2) is 0 Å². The topological polar surface area (TPSA) is 36.1 Å². The fourth-order valence-corrected chi connectivity index (χ4v) is 5.47. The van der Waals surface area contributed by atoms with Crippen molar-refractivity contribution in [2.24, 2.45) is 5.92 Å². The Bertz CT molecular complexity index is 605. The third-order valence-electron chi connectivity index (χ3n) is 5.04. The summed E-state index contributed by atoms with van der Waals surface area (Å²) in [5, 5.41) is 5.04. The zero-order chi connectivity index (χ0) is 17.7. The summed E-state index contributed by atoms with van der Waals surface area (Å²) in [7, 11) is 0. The molecule has 6 heteroatoms. The highest BCUT2D eigenvalue weighted by Gasteiger charge is 2.45. The number of benzene rings is 1. The maximum Gasteiger partial charge on any atom is 0.135 e. The van der Waals surface area contributed by atoms with Crippen LogP contribution in [0, 0.1) is 18.3 Å². The van der Waals surface area contributed by atoms with E-state index in [9.17, 15) is 0 Å². The lowest BCUT2D eigenvalue weighted by molar-refractivity contribution is 0.251. The molecule has 1 aliphatic heterocycles. The Labute approximate surface area is 165 Å². The second kappa shape index (κ2) is 8.99. The van der Waals surface area contributed by atoms with Crippen LogP contribution in [0.25, 0.3) is 0 Å². The molecule has 2 unspecified atom stereocenters. The molecular formula is C19H25Cl2N3S. The molecule has 1 heterocycles. The van der Waals surface area contributed by atoms with Gasteiger partial charge in [-0.25, -0.2) is 10.9 Å². The van der Waals surface area contributed by atoms with E-state index in [0.29, 0.717) is 21.7 Å². The van der Waals surface area contributed by atoms with E-state index >= 15 is 0 Å². The Kier molecular flexibility index (Phi) is 6.96. The Morgan fingerprint density at radius 2 is 1.72 bits per heavy atom. The van der Waals surface area contributed by atoms with Gasteiger partial charge in [0.25, 0.3) is 0 Å². The van der Waals surface area contributed by atoms with Gasteiger partial charge in [0.05, 0.1) is 11.9 Å². The lowest BCUT2D eigenvalue weighted by atomic mass is 9.88. The van der Waals surface area contributed by atoms with Crippen LogP contribution in [-0.4, -0.2) is 10.7 Å². The first-order valence-electron chi connectivity index (χ1n) is 8.97. The van der Waals surface area contributed by atoms with Gasteiger partial charge in [0.2, 0.25) is 0 Å². The molecule has 1 aromatic rings. The number of hydrazine groups is 1. The van der Waals surface area contributed by atoms with E-state index in [2.05, 4.69) is 22.1 Å². The van der Waals surface area contributed by atoms with Gasteiger partial charge in [-0.05, 0) is 36.6 Å². The molecule has 2 fully saturated rings. The SMILES string of the molecule is C#CCSC1(C2CCCCCCC2)NNC(c2cc(Cl)cc(Cl)c2)N1. The predicted molar refractivity (Wildman–Crippen MR) is 108 cm³/mol. The van der Waals surface area contributed by atoms with E-state index in [1.54, 1.807) is 17.8 Å². The highest BCUT2D eigenvalue weighted by Crippen LogP contribution is 2.40. The van der Waals surface area contributed by atoms with E-state index in [-0.39, 0.29) is 11.2 Å². The molecule has 3 N–H and O–H groups in total. The Morgan fingerprint density at radius 3 is 2.36 bits per heavy atom. The number of terminal acetylenes is 1. The van der Waals surface area contributed by atoms with Crippen LogP contribution in [0.4, 0.5) is 0 Å². The van der Waals surface area contributed by atoms with Gasteiger partial charge in [-0.3, -0.25) is 5.32 Å². The third-order valence-corrected chi connectivity index (χ3v) is 6.80. The minimum Gasteiger partial charge on any atom is -0.269 e. The predicted octanol–water partition coefficient (Wildman–Crippen LogP) is 5.07. The summed E-state index contributed by atoms with van der Waals surface area (Å²) >= 11 is 14.1. The monoisotopic (exact) mass is 397 g/mol. The first kappa shape index (κ1) is 19.4. The van der Waals surface area contributed by atoms with Crippen LogP contribution in [0.2, 0.25) is 10.0 Å². The van der Waals surface area contributed by atoms with Gasteiger partial charge in [-0.15, -0.1) is 18.2 Å². The van der Waals surface area contributed by atoms with Crippen LogP contribution in [0.15, 0.2) is 18.2 Å². The van der Waals surface area contributed by atoms with Gasteiger partial charge < -0.3 is 0 Å². The summed E-state index contributed by atoms with van der Waals surface area (Å²) in [6.07, 6.45) is 14.5. The van der Waals surface area contributed by atoms with Crippen molar-refractivity contribution in [3.05, 3.63) is 33.8 Å². The summed E-state index contributed by atoms with van der Waals surface area (Å²) in [6, 6.07) is 5.64. The van der Waals surface area contributed by atoms with Crippen molar-refractivity contribution >= 4 is 35.0 Å². The molecule has 2 aliphatic rings. The van der Waals surface area contributed by atoms with Crippen LogP contribution in [-0.2, 0) is 0 Å². The number of thioether (sulfide) groups is 1. The van der Waals surface area contributed by atoms with Crippen LogP contribution in [0.3, 0.4) is 0 Å². The highest BCUT2D eigenvalue weighted by atomic mass is 35.5. The van der Waals surface area contributed by atoms with Crippen molar-refractivity contribution in [1.82, 2.24) is 16.2 Å². The molecule has 1 saturated carbocycles. The minimum atomic E-state index is -0.261. The largest absolute Gasteiger partial charge is 0.269 e. The molecule has 0 bridgehead atoms. The summed E-state index contributed by atoms with van der Waals surface area (Å²) in [5.74, 6) is 3.97. The van der Waals surface area contributed by atoms with Gasteiger partial charge >= 0.3 is 0 Å². The molecule has 0 radical (unpaired) electrons. The van der Waals surface area contributed by atoms with E-state index in [0.717, 1.165) is 5.56 Å². The second-order valence-corrected chi connectivity index (χ2v) is 8.91. The quantitative estimate of drug-likeness (QED) is 0.619. The Morgan fingerprint density at radius 1 is 1.08 bits per heavy atom. The minimum absolute atomic E-state index is 0.0492. The van der Waals surface area contributed by atoms with Crippen molar-refractivity contribution in [2.45, 2.75) is 56.1 Å². The average molecular weight is 398 g/mol. The number of rotatable bonds is 4. The summed E-state index contributed by atoms with van der Waals surface area (Å²) in [5.41, 5.74) is 7.95. The first-order chi connectivity index (χ1) is 12.1. The van der Waals surface area contributed by atoms with Gasteiger partial charge in [-0.1, -0.05) is 61.2 Å². The Hall–Kier alpha value is -0.410. The third kappa shape index (κ3) is 4.86. The average Bonchev–Trinajstić information content (AvgIpc) is 2.97. The maximum atomic E-state index is 6.18. The molecule has 136 valence electrons. The molecule has 3 rings (SSSR count). The maximum absolute atomic E-state index is 6.18.